The molecule has 0 saturated carbocycles. The van der Waals surface area contributed by atoms with Gasteiger partial charge in [0.05, 0.1) is 18.5 Å². The van der Waals surface area contributed by atoms with Crippen molar-refractivity contribution in [1.82, 2.24) is 15.0 Å². The molecule has 0 spiro atoms. The fraction of sp³-hybridized carbons (Fsp3) is 0.467. The Hall–Kier alpha value is -1.88. The van der Waals surface area contributed by atoms with E-state index in [4.69, 9.17) is 10.5 Å². The number of unbranched alkanes of at least 4 members (excludes halogenated alkanes) is 1. The molecule has 0 unspecified atom stereocenters. The van der Waals surface area contributed by atoms with Crippen molar-refractivity contribution in [2.24, 2.45) is 5.73 Å². The molecule has 0 radical (unpaired) electrons. The highest BCUT2D eigenvalue weighted by molar-refractivity contribution is 5.27. The molecular weight excluding hydrogens is 252 g/mol. The Kier molecular flexibility index (Phi) is 5.55. The predicted molar refractivity (Wildman–Crippen MR) is 78.7 cm³/mol. The second-order valence-corrected chi connectivity index (χ2v) is 4.86. The number of rotatable bonds is 8. The Morgan fingerprint density at radius 3 is 3.00 bits per heavy atom. The molecule has 2 N–H and O–H groups in total. The smallest absolute Gasteiger partial charge is 0.119 e. The first-order valence-corrected chi connectivity index (χ1v) is 7.06. The van der Waals surface area contributed by atoms with Gasteiger partial charge < -0.3 is 10.5 Å². The van der Waals surface area contributed by atoms with Crippen LogP contribution in [0.25, 0.3) is 0 Å². The largest absolute Gasteiger partial charge is 0.494 e. The second-order valence-electron chi connectivity index (χ2n) is 4.86. The third-order valence-corrected chi connectivity index (χ3v) is 3.12. The molecule has 5 nitrogen and oxygen atoms in total. The molecule has 0 aliphatic rings. The number of aromatic nitrogens is 3. The van der Waals surface area contributed by atoms with Gasteiger partial charge in [0.1, 0.15) is 5.75 Å². The zero-order valence-corrected chi connectivity index (χ0v) is 12.0. The number of hydrogen-bond acceptors (Lipinski definition) is 4. The van der Waals surface area contributed by atoms with Gasteiger partial charge in [-0.1, -0.05) is 17.3 Å². The van der Waals surface area contributed by atoms with E-state index in [1.54, 1.807) is 6.20 Å². The Morgan fingerprint density at radius 2 is 2.20 bits per heavy atom. The fourth-order valence-electron chi connectivity index (χ4n) is 2.07. The van der Waals surface area contributed by atoms with E-state index in [0.29, 0.717) is 6.54 Å². The second kappa shape index (κ2) is 7.65. The number of benzene rings is 1. The van der Waals surface area contributed by atoms with Crippen LogP contribution < -0.4 is 10.5 Å². The topological polar surface area (TPSA) is 66.0 Å². The highest BCUT2D eigenvalue weighted by Gasteiger charge is 2.02. The van der Waals surface area contributed by atoms with Gasteiger partial charge in [-0.2, -0.15) is 0 Å². The first-order valence-electron chi connectivity index (χ1n) is 7.06. The predicted octanol–water partition coefficient (Wildman–Crippen LogP) is 1.95. The molecule has 0 bridgehead atoms. The van der Waals surface area contributed by atoms with Crippen LogP contribution >= 0.6 is 0 Å². The lowest BCUT2D eigenvalue weighted by Gasteiger charge is -2.08. The number of nitrogens with zero attached hydrogens (tertiary/aromatic N) is 3. The minimum absolute atomic E-state index is 0.629. The van der Waals surface area contributed by atoms with Crippen LogP contribution in [0.15, 0.2) is 30.5 Å². The lowest BCUT2D eigenvalue weighted by molar-refractivity contribution is 0.301. The normalized spacial score (nSPS) is 10.7. The molecule has 0 amide bonds. The summed E-state index contributed by atoms with van der Waals surface area (Å²) in [5, 5.41) is 8.00. The highest BCUT2D eigenvalue weighted by Crippen LogP contribution is 2.12. The Balaban J connectivity index is 1.67. The van der Waals surface area contributed by atoms with E-state index in [1.165, 1.54) is 5.56 Å². The number of nitrogens with two attached hydrogens (primary N) is 1. The van der Waals surface area contributed by atoms with Gasteiger partial charge in [-0.05, 0) is 44.0 Å². The van der Waals surface area contributed by atoms with Crippen LogP contribution in [-0.4, -0.2) is 28.1 Å². The molecule has 0 aliphatic carbocycles. The maximum atomic E-state index is 5.72. The molecular formula is C15H22N4O. The van der Waals surface area contributed by atoms with Crippen LogP contribution in [-0.2, 0) is 13.0 Å². The van der Waals surface area contributed by atoms with Crippen LogP contribution in [0.1, 0.15) is 24.1 Å². The molecule has 20 heavy (non-hydrogen) atoms. The van der Waals surface area contributed by atoms with Gasteiger partial charge in [-0.25, -0.2) is 4.68 Å². The quantitative estimate of drug-likeness (QED) is 0.747. The van der Waals surface area contributed by atoms with Crippen molar-refractivity contribution in [1.29, 1.82) is 0 Å². The van der Waals surface area contributed by atoms with Gasteiger partial charge in [-0.15, -0.1) is 5.10 Å². The lowest BCUT2D eigenvalue weighted by Crippen LogP contribution is -2.11. The molecule has 0 aliphatic heterocycles. The van der Waals surface area contributed by atoms with Gasteiger partial charge in [0.15, 0.2) is 0 Å². The van der Waals surface area contributed by atoms with Crippen LogP contribution in [0.2, 0.25) is 0 Å². The van der Waals surface area contributed by atoms with Gasteiger partial charge in [0.2, 0.25) is 0 Å². The van der Waals surface area contributed by atoms with Gasteiger partial charge in [0, 0.05) is 13.0 Å². The van der Waals surface area contributed by atoms with E-state index in [1.807, 2.05) is 16.8 Å². The minimum Gasteiger partial charge on any atom is -0.494 e. The Labute approximate surface area is 119 Å². The Morgan fingerprint density at radius 1 is 1.30 bits per heavy atom. The summed E-state index contributed by atoms with van der Waals surface area (Å²) in [6, 6.07) is 8.12. The summed E-state index contributed by atoms with van der Waals surface area (Å²) in [6.45, 7) is 4.29. The monoisotopic (exact) mass is 274 g/mol. The summed E-state index contributed by atoms with van der Waals surface area (Å²) in [5.41, 5.74) is 7.88. The SMILES string of the molecule is Cc1cccc(OCCCCn2nncc2CCN)c1. The fourth-order valence-corrected chi connectivity index (χ4v) is 2.07. The summed E-state index contributed by atoms with van der Waals surface area (Å²) < 4.78 is 7.65. The average Bonchev–Trinajstić information content (AvgIpc) is 2.86. The summed E-state index contributed by atoms with van der Waals surface area (Å²) in [7, 11) is 0. The molecule has 1 heterocycles. The maximum absolute atomic E-state index is 5.72. The van der Waals surface area contributed by atoms with Crippen molar-refractivity contribution < 1.29 is 4.74 Å². The van der Waals surface area contributed by atoms with Crippen molar-refractivity contribution in [2.45, 2.75) is 32.7 Å². The van der Waals surface area contributed by atoms with Gasteiger partial charge in [0.25, 0.3) is 0 Å². The molecule has 108 valence electrons. The average molecular weight is 274 g/mol. The van der Waals surface area contributed by atoms with Gasteiger partial charge >= 0.3 is 0 Å². The van der Waals surface area contributed by atoms with Crippen LogP contribution in [0.5, 0.6) is 5.75 Å². The van der Waals surface area contributed by atoms with Gasteiger partial charge in [-0.3, -0.25) is 0 Å². The zero-order chi connectivity index (χ0) is 14.2. The van der Waals surface area contributed by atoms with Crippen LogP contribution in [0.3, 0.4) is 0 Å². The molecule has 0 fully saturated rings. The van der Waals surface area contributed by atoms with E-state index in [9.17, 15) is 0 Å². The Bertz CT molecular complexity index is 524. The van der Waals surface area contributed by atoms with Crippen molar-refractivity contribution in [2.75, 3.05) is 13.2 Å². The molecule has 0 atom stereocenters. The van der Waals surface area contributed by atoms with E-state index in [-0.39, 0.29) is 0 Å². The summed E-state index contributed by atoms with van der Waals surface area (Å²) in [5.74, 6) is 0.939. The maximum Gasteiger partial charge on any atom is 0.119 e. The third kappa shape index (κ3) is 4.35. The van der Waals surface area contributed by atoms with E-state index in [0.717, 1.165) is 43.9 Å². The molecule has 2 rings (SSSR count). The van der Waals surface area contributed by atoms with Crippen molar-refractivity contribution in [3.63, 3.8) is 0 Å². The minimum atomic E-state index is 0.629. The standard InChI is InChI=1S/C15H22N4O/c1-13-5-4-6-15(11-13)20-10-3-2-9-19-14(7-8-16)12-17-18-19/h4-6,11-12H,2-3,7-10,16H2,1H3. The highest BCUT2D eigenvalue weighted by atomic mass is 16.5. The van der Waals surface area contributed by atoms with E-state index in [2.05, 4.69) is 29.4 Å². The van der Waals surface area contributed by atoms with Crippen molar-refractivity contribution in [3.8, 4) is 5.75 Å². The summed E-state index contributed by atoms with van der Waals surface area (Å²) >= 11 is 0. The number of aryl methyl sites for hydroxylation is 2. The first kappa shape index (κ1) is 14.5. The van der Waals surface area contributed by atoms with Crippen LogP contribution in [0, 0.1) is 6.92 Å². The number of hydrogen-bond donors (Lipinski definition) is 1. The molecule has 5 heteroatoms. The zero-order valence-electron chi connectivity index (χ0n) is 12.0. The molecule has 1 aromatic carbocycles. The first-order chi connectivity index (χ1) is 9.79. The molecule has 2 aromatic rings. The summed E-state index contributed by atoms with van der Waals surface area (Å²) in [6.07, 6.45) is 4.63. The lowest BCUT2D eigenvalue weighted by atomic mass is 10.2. The molecule has 0 saturated heterocycles. The third-order valence-electron chi connectivity index (χ3n) is 3.12. The molecule has 1 aromatic heterocycles. The van der Waals surface area contributed by atoms with E-state index < -0.39 is 0 Å². The van der Waals surface area contributed by atoms with Crippen molar-refractivity contribution in [3.05, 3.63) is 41.7 Å². The van der Waals surface area contributed by atoms with E-state index >= 15 is 0 Å². The van der Waals surface area contributed by atoms with Crippen molar-refractivity contribution >= 4 is 0 Å². The van der Waals surface area contributed by atoms with Crippen LogP contribution in [0.4, 0.5) is 0 Å². The summed E-state index contributed by atoms with van der Waals surface area (Å²) in [4.78, 5) is 0. The number of ether oxygens (including phenoxy) is 1.